The van der Waals surface area contributed by atoms with Crippen molar-refractivity contribution in [3.05, 3.63) is 34.4 Å². The van der Waals surface area contributed by atoms with Gasteiger partial charge in [-0.05, 0) is 4.92 Å². The maximum atomic E-state index is 11.8. The molecule has 0 atom stereocenters. The van der Waals surface area contributed by atoms with Crippen LogP contribution in [0.1, 0.15) is 5.69 Å². The third kappa shape index (κ3) is 9.04. The summed E-state index contributed by atoms with van der Waals surface area (Å²) >= 11 is 0. The van der Waals surface area contributed by atoms with Crippen LogP contribution in [-0.2, 0) is 38.6 Å². The standard InChI is InChI=1S/C16H25FN6O6/c17-1-6-26-11-12-29-14-15-13-22(20-19-15)5-8-28-10-9-27-7-4-21-3-2-18-16(21)23(24)25/h2-3,13H,1,4-12,14H2. The van der Waals surface area contributed by atoms with Crippen LogP contribution in [0, 0.1) is 10.1 Å². The van der Waals surface area contributed by atoms with Crippen molar-refractivity contribution in [2.45, 2.75) is 19.7 Å². The van der Waals surface area contributed by atoms with Crippen molar-refractivity contribution in [2.24, 2.45) is 0 Å². The average Bonchev–Trinajstić information content (AvgIpc) is 3.36. The Hall–Kier alpha value is -2.48. The zero-order valence-electron chi connectivity index (χ0n) is 16.0. The van der Waals surface area contributed by atoms with Crippen molar-refractivity contribution in [1.29, 1.82) is 0 Å². The van der Waals surface area contributed by atoms with Gasteiger partial charge in [0.2, 0.25) is 0 Å². The van der Waals surface area contributed by atoms with Crippen LogP contribution in [0.4, 0.5) is 10.3 Å². The lowest BCUT2D eigenvalue weighted by molar-refractivity contribution is -0.396. The topological polar surface area (TPSA) is 129 Å². The SMILES string of the molecule is O=[N+]([O-])c1nccn1CCOCCOCCn1cc(COCCOCCF)nn1. The van der Waals surface area contributed by atoms with Crippen molar-refractivity contribution >= 4 is 5.95 Å². The van der Waals surface area contributed by atoms with Gasteiger partial charge in [0.05, 0.1) is 72.1 Å². The number of nitro groups is 1. The zero-order valence-corrected chi connectivity index (χ0v) is 16.0. The molecule has 2 heterocycles. The summed E-state index contributed by atoms with van der Waals surface area (Å²) in [7, 11) is 0. The number of halogens is 1. The molecule has 0 fully saturated rings. The Bertz CT molecular complexity index is 712. The smallest absolute Gasteiger partial charge is 0.390 e. The summed E-state index contributed by atoms with van der Waals surface area (Å²) in [4.78, 5) is 13.9. The Kier molecular flexibility index (Phi) is 10.7. The lowest BCUT2D eigenvalue weighted by atomic mass is 10.5. The molecule has 0 N–H and O–H groups in total. The van der Waals surface area contributed by atoms with E-state index < -0.39 is 11.6 Å². The van der Waals surface area contributed by atoms with E-state index in [0.717, 1.165) is 0 Å². The Morgan fingerprint density at radius 1 is 1.00 bits per heavy atom. The molecule has 162 valence electrons. The molecule has 12 nitrogen and oxygen atoms in total. The Balaban J connectivity index is 1.46. The Morgan fingerprint density at radius 3 is 2.41 bits per heavy atom. The fraction of sp³-hybridized carbons (Fsp3) is 0.688. The van der Waals surface area contributed by atoms with Gasteiger partial charge in [-0.15, -0.1) is 5.10 Å². The summed E-state index contributed by atoms with van der Waals surface area (Å²) < 4.78 is 36.1. The summed E-state index contributed by atoms with van der Waals surface area (Å²) in [5.41, 5.74) is 0.687. The zero-order chi connectivity index (χ0) is 20.7. The molecule has 0 amide bonds. The molecule has 13 heteroatoms. The predicted molar refractivity (Wildman–Crippen MR) is 97.0 cm³/mol. The summed E-state index contributed by atoms with van der Waals surface area (Å²) in [5, 5.41) is 18.7. The maximum absolute atomic E-state index is 11.8. The highest BCUT2D eigenvalue weighted by atomic mass is 19.1. The van der Waals surface area contributed by atoms with E-state index in [1.165, 1.54) is 17.0 Å². The van der Waals surface area contributed by atoms with E-state index >= 15 is 0 Å². The number of rotatable bonds is 17. The van der Waals surface area contributed by atoms with Crippen molar-refractivity contribution in [3.63, 3.8) is 0 Å². The van der Waals surface area contributed by atoms with Crippen molar-refractivity contribution in [2.75, 3.05) is 52.9 Å². The van der Waals surface area contributed by atoms with E-state index in [2.05, 4.69) is 15.3 Å². The molecule has 29 heavy (non-hydrogen) atoms. The Labute approximate surface area is 166 Å². The van der Waals surface area contributed by atoms with Gasteiger partial charge in [0.25, 0.3) is 0 Å². The molecule has 0 aliphatic carbocycles. The van der Waals surface area contributed by atoms with Gasteiger partial charge in [-0.25, -0.2) is 13.6 Å². The molecule has 0 aliphatic rings. The predicted octanol–water partition coefficient (Wildman–Crippen LogP) is 0.619. The molecule has 0 saturated carbocycles. The number of hydrogen-bond donors (Lipinski definition) is 0. The van der Waals surface area contributed by atoms with Gasteiger partial charge in [-0.1, -0.05) is 10.2 Å². The van der Waals surface area contributed by atoms with Gasteiger partial charge in [0, 0.05) is 0 Å². The summed E-state index contributed by atoms with van der Waals surface area (Å²) in [6, 6.07) is 0. The van der Waals surface area contributed by atoms with Crippen LogP contribution in [-0.4, -0.2) is 82.4 Å². The first kappa shape index (κ1) is 22.8. The highest BCUT2D eigenvalue weighted by Crippen LogP contribution is 2.06. The lowest BCUT2D eigenvalue weighted by Crippen LogP contribution is -2.13. The van der Waals surface area contributed by atoms with Crippen LogP contribution >= 0.6 is 0 Å². The minimum atomic E-state index is -0.533. The molecule has 0 unspecified atom stereocenters. The molecule has 2 aromatic rings. The van der Waals surface area contributed by atoms with Crippen LogP contribution in [0.3, 0.4) is 0 Å². The van der Waals surface area contributed by atoms with Gasteiger partial charge in [0.15, 0.2) is 0 Å². The third-order valence-electron chi connectivity index (χ3n) is 3.60. The first-order valence-electron chi connectivity index (χ1n) is 9.12. The van der Waals surface area contributed by atoms with E-state index in [9.17, 15) is 14.5 Å². The molecular formula is C16H25FN6O6. The van der Waals surface area contributed by atoms with Gasteiger partial charge in [-0.2, -0.15) is 0 Å². The number of imidazole rings is 1. The average molecular weight is 416 g/mol. The lowest BCUT2D eigenvalue weighted by Gasteiger charge is -2.06. The van der Waals surface area contributed by atoms with Crippen LogP contribution in [0.25, 0.3) is 0 Å². The Morgan fingerprint density at radius 2 is 1.69 bits per heavy atom. The molecular weight excluding hydrogens is 391 g/mol. The number of ether oxygens (including phenoxy) is 4. The largest absolute Gasteiger partial charge is 0.434 e. The number of hydrogen-bond acceptors (Lipinski definition) is 9. The highest BCUT2D eigenvalue weighted by Gasteiger charge is 2.13. The minimum absolute atomic E-state index is 0.0811. The van der Waals surface area contributed by atoms with Crippen molar-refractivity contribution in [3.8, 4) is 0 Å². The maximum Gasteiger partial charge on any atom is 0.434 e. The van der Waals surface area contributed by atoms with Gasteiger partial charge >= 0.3 is 5.95 Å². The first-order valence-corrected chi connectivity index (χ1v) is 9.12. The monoisotopic (exact) mass is 416 g/mol. The summed E-state index contributed by atoms with van der Waals surface area (Å²) in [6.45, 7) is 3.02. The third-order valence-corrected chi connectivity index (χ3v) is 3.60. The molecule has 0 aliphatic heterocycles. The van der Waals surface area contributed by atoms with E-state index in [1.54, 1.807) is 10.9 Å². The van der Waals surface area contributed by atoms with Crippen molar-refractivity contribution in [1.82, 2.24) is 24.5 Å². The first-order chi connectivity index (χ1) is 14.2. The summed E-state index contributed by atoms with van der Waals surface area (Å²) in [5.74, 6) is -0.201. The van der Waals surface area contributed by atoms with Gasteiger partial charge in [0.1, 0.15) is 24.8 Å². The van der Waals surface area contributed by atoms with Gasteiger partial charge < -0.3 is 29.1 Å². The van der Waals surface area contributed by atoms with E-state index in [0.29, 0.717) is 65.0 Å². The minimum Gasteiger partial charge on any atom is -0.390 e. The number of aromatic nitrogens is 5. The molecule has 0 spiro atoms. The van der Waals surface area contributed by atoms with Crippen LogP contribution in [0.15, 0.2) is 18.6 Å². The number of alkyl halides is 1. The van der Waals surface area contributed by atoms with E-state index in [1.807, 2.05) is 0 Å². The molecule has 0 aromatic carbocycles. The van der Waals surface area contributed by atoms with E-state index in [-0.39, 0.29) is 12.6 Å². The summed E-state index contributed by atoms with van der Waals surface area (Å²) in [6.07, 6.45) is 4.68. The second kappa shape index (κ2) is 13.7. The highest BCUT2D eigenvalue weighted by molar-refractivity contribution is 5.06. The van der Waals surface area contributed by atoms with Gasteiger partial charge in [-0.3, -0.25) is 0 Å². The van der Waals surface area contributed by atoms with Crippen LogP contribution in [0.2, 0.25) is 0 Å². The second-order valence-electron chi connectivity index (χ2n) is 5.73. The quantitative estimate of drug-likeness (QED) is 0.207. The molecule has 0 bridgehead atoms. The fourth-order valence-electron chi connectivity index (χ4n) is 2.26. The van der Waals surface area contributed by atoms with Crippen molar-refractivity contribution < 1.29 is 28.3 Å². The van der Waals surface area contributed by atoms with Crippen LogP contribution in [0.5, 0.6) is 0 Å². The van der Waals surface area contributed by atoms with Crippen LogP contribution < -0.4 is 0 Å². The second-order valence-corrected chi connectivity index (χ2v) is 5.73. The molecule has 2 aromatic heterocycles. The van der Waals surface area contributed by atoms with E-state index in [4.69, 9.17) is 18.9 Å². The fourth-order valence-corrected chi connectivity index (χ4v) is 2.26. The molecule has 2 rings (SSSR count). The number of nitrogens with zero attached hydrogens (tertiary/aromatic N) is 6. The normalized spacial score (nSPS) is 11.2. The molecule has 0 radical (unpaired) electrons. The molecule has 0 saturated heterocycles.